The van der Waals surface area contributed by atoms with Gasteiger partial charge in [-0.3, -0.25) is 0 Å². The molecule has 0 atom stereocenters. The van der Waals surface area contributed by atoms with Crippen LogP contribution >= 0.6 is 0 Å². The fraction of sp³-hybridized carbons (Fsp3) is 0.429. The molecule has 1 rings (SSSR count). The van der Waals surface area contributed by atoms with E-state index in [0.717, 1.165) is 5.56 Å². The Hall–Kier alpha value is -1.35. The average Bonchev–Trinajstić information content (AvgIpc) is 2.35. The van der Waals surface area contributed by atoms with Crippen LogP contribution in [0.25, 0.3) is 0 Å². The predicted molar refractivity (Wildman–Crippen MR) is 75.1 cm³/mol. The number of benzene rings is 1. The Balaban J connectivity index is 3.40. The quantitative estimate of drug-likeness (QED) is 0.831. The van der Waals surface area contributed by atoms with Crippen molar-refractivity contribution < 1.29 is 13.5 Å². The SMILES string of the molecule is C#CCN(CC)S(=O)(=O)c1cc(CO)c(C)cc1C. The van der Waals surface area contributed by atoms with Crippen LogP contribution < -0.4 is 0 Å². The van der Waals surface area contributed by atoms with Crippen molar-refractivity contribution in [3.05, 3.63) is 28.8 Å². The van der Waals surface area contributed by atoms with Gasteiger partial charge in [0, 0.05) is 6.54 Å². The number of rotatable bonds is 5. The molecule has 1 N–H and O–H groups in total. The zero-order valence-corrected chi connectivity index (χ0v) is 12.3. The van der Waals surface area contributed by atoms with Crippen LogP contribution in [0, 0.1) is 26.2 Å². The lowest BCUT2D eigenvalue weighted by atomic mass is 10.1. The maximum atomic E-state index is 12.5. The number of aliphatic hydroxyl groups excluding tert-OH is 1. The van der Waals surface area contributed by atoms with Crippen LogP contribution in [-0.4, -0.2) is 30.9 Å². The van der Waals surface area contributed by atoms with Crippen LogP contribution in [0.4, 0.5) is 0 Å². The van der Waals surface area contributed by atoms with Gasteiger partial charge in [-0.15, -0.1) is 6.42 Å². The molecule has 0 heterocycles. The monoisotopic (exact) mass is 281 g/mol. The maximum Gasteiger partial charge on any atom is 0.244 e. The lowest BCUT2D eigenvalue weighted by Crippen LogP contribution is -2.31. The van der Waals surface area contributed by atoms with Gasteiger partial charge in [0.05, 0.1) is 18.0 Å². The first kappa shape index (κ1) is 15.7. The lowest BCUT2D eigenvalue weighted by molar-refractivity contribution is 0.280. The van der Waals surface area contributed by atoms with Gasteiger partial charge in [0.2, 0.25) is 10.0 Å². The minimum absolute atomic E-state index is 0.0423. The number of nitrogens with zero attached hydrogens (tertiary/aromatic N) is 1. The third kappa shape index (κ3) is 3.16. The molecule has 0 aliphatic heterocycles. The summed E-state index contributed by atoms with van der Waals surface area (Å²) in [6, 6.07) is 3.29. The summed E-state index contributed by atoms with van der Waals surface area (Å²) in [5, 5.41) is 9.26. The molecule has 0 aromatic heterocycles. The van der Waals surface area contributed by atoms with Gasteiger partial charge in [-0.1, -0.05) is 18.9 Å². The third-order valence-electron chi connectivity index (χ3n) is 3.04. The van der Waals surface area contributed by atoms with Crippen molar-refractivity contribution in [1.29, 1.82) is 0 Å². The van der Waals surface area contributed by atoms with E-state index in [1.54, 1.807) is 19.9 Å². The summed E-state index contributed by atoms with van der Waals surface area (Å²) in [7, 11) is -3.61. The molecule has 1 aromatic carbocycles. The number of hydrogen-bond donors (Lipinski definition) is 1. The highest BCUT2D eigenvalue weighted by Gasteiger charge is 2.24. The molecule has 19 heavy (non-hydrogen) atoms. The Morgan fingerprint density at radius 1 is 1.32 bits per heavy atom. The second kappa shape index (κ2) is 6.20. The first-order valence-electron chi connectivity index (χ1n) is 6.03. The Kier molecular flexibility index (Phi) is 5.12. The number of aliphatic hydroxyl groups is 1. The second-order valence-electron chi connectivity index (χ2n) is 4.34. The highest BCUT2D eigenvalue weighted by molar-refractivity contribution is 7.89. The van der Waals surface area contributed by atoms with Crippen molar-refractivity contribution >= 4 is 10.0 Å². The van der Waals surface area contributed by atoms with Gasteiger partial charge < -0.3 is 5.11 Å². The minimum Gasteiger partial charge on any atom is -0.392 e. The topological polar surface area (TPSA) is 57.6 Å². The molecule has 5 heteroatoms. The van der Waals surface area contributed by atoms with Crippen LogP contribution in [0.15, 0.2) is 17.0 Å². The molecule has 0 aliphatic carbocycles. The fourth-order valence-corrected chi connectivity index (χ4v) is 3.55. The van der Waals surface area contributed by atoms with E-state index in [4.69, 9.17) is 6.42 Å². The first-order chi connectivity index (χ1) is 8.88. The van der Waals surface area contributed by atoms with Crippen molar-refractivity contribution in [2.75, 3.05) is 13.1 Å². The van der Waals surface area contributed by atoms with Gasteiger partial charge in [0.15, 0.2) is 0 Å². The number of aryl methyl sites for hydroxylation is 2. The third-order valence-corrected chi connectivity index (χ3v) is 5.10. The summed E-state index contributed by atoms with van der Waals surface area (Å²) in [5.41, 5.74) is 2.14. The largest absolute Gasteiger partial charge is 0.392 e. The standard InChI is InChI=1S/C14H19NO3S/c1-5-7-15(6-2)19(17,18)14-9-13(10-16)11(3)8-12(14)4/h1,8-9,16H,6-7,10H2,2-4H3. The van der Waals surface area contributed by atoms with Gasteiger partial charge in [-0.05, 0) is 36.6 Å². The summed E-state index contributed by atoms with van der Waals surface area (Å²) >= 11 is 0. The van der Waals surface area contributed by atoms with Gasteiger partial charge >= 0.3 is 0 Å². The van der Waals surface area contributed by atoms with Gasteiger partial charge in [0.25, 0.3) is 0 Å². The van der Waals surface area contributed by atoms with E-state index in [-0.39, 0.29) is 18.0 Å². The van der Waals surface area contributed by atoms with Gasteiger partial charge in [0.1, 0.15) is 0 Å². The average molecular weight is 281 g/mol. The Bertz CT molecular complexity index is 600. The summed E-state index contributed by atoms with van der Waals surface area (Å²) in [6.07, 6.45) is 5.20. The van der Waals surface area contributed by atoms with E-state index in [2.05, 4.69) is 5.92 Å². The molecule has 0 amide bonds. The van der Waals surface area contributed by atoms with E-state index in [0.29, 0.717) is 17.7 Å². The molecule has 1 aromatic rings. The lowest BCUT2D eigenvalue weighted by Gasteiger charge is -2.20. The molecule has 104 valence electrons. The summed E-state index contributed by atoms with van der Waals surface area (Å²) < 4.78 is 26.2. The molecule has 0 spiro atoms. The van der Waals surface area contributed by atoms with Crippen LogP contribution in [-0.2, 0) is 16.6 Å². The van der Waals surface area contributed by atoms with E-state index in [1.165, 1.54) is 10.4 Å². The van der Waals surface area contributed by atoms with Crippen LogP contribution in [0.2, 0.25) is 0 Å². The Labute approximate surface area is 115 Å². The number of sulfonamides is 1. The van der Waals surface area contributed by atoms with Crippen LogP contribution in [0.1, 0.15) is 23.6 Å². The molecule has 0 bridgehead atoms. The zero-order valence-electron chi connectivity index (χ0n) is 11.5. The molecule has 0 saturated heterocycles. The maximum absolute atomic E-state index is 12.5. The fourth-order valence-electron chi connectivity index (χ4n) is 1.93. The highest BCUT2D eigenvalue weighted by Crippen LogP contribution is 2.23. The van der Waals surface area contributed by atoms with E-state index in [1.807, 2.05) is 6.92 Å². The molecular weight excluding hydrogens is 262 g/mol. The Morgan fingerprint density at radius 2 is 1.95 bits per heavy atom. The molecule has 4 nitrogen and oxygen atoms in total. The molecule has 0 aliphatic rings. The van der Waals surface area contributed by atoms with Crippen molar-refractivity contribution in [2.24, 2.45) is 0 Å². The Morgan fingerprint density at radius 3 is 2.42 bits per heavy atom. The minimum atomic E-state index is -3.61. The van der Waals surface area contributed by atoms with Crippen molar-refractivity contribution in [1.82, 2.24) is 4.31 Å². The van der Waals surface area contributed by atoms with Crippen LogP contribution in [0.3, 0.4) is 0 Å². The van der Waals surface area contributed by atoms with E-state index < -0.39 is 10.0 Å². The second-order valence-corrected chi connectivity index (χ2v) is 6.24. The molecule has 0 saturated carbocycles. The number of hydrogen-bond acceptors (Lipinski definition) is 3. The molecule has 0 unspecified atom stereocenters. The van der Waals surface area contributed by atoms with E-state index >= 15 is 0 Å². The normalized spacial score (nSPS) is 11.6. The predicted octanol–water partition coefficient (Wildman–Crippen LogP) is 1.44. The molecule has 0 fully saturated rings. The summed E-state index contributed by atoms with van der Waals surface area (Å²) in [4.78, 5) is 0.208. The first-order valence-corrected chi connectivity index (χ1v) is 7.47. The molecular formula is C14H19NO3S. The van der Waals surface area contributed by atoms with Gasteiger partial charge in [-0.2, -0.15) is 4.31 Å². The van der Waals surface area contributed by atoms with Gasteiger partial charge in [-0.25, -0.2) is 8.42 Å². The van der Waals surface area contributed by atoms with Crippen molar-refractivity contribution in [3.8, 4) is 12.3 Å². The summed E-state index contributed by atoms with van der Waals surface area (Å²) in [6.45, 7) is 5.49. The molecule has 0 radical (unpaired) electrons. The van der Waals surface area contributed by atoms with Crippen molar-refractivity contribution in [2.45, 2.75) is 32.3 Å². The van der Waals surface area contributed by atoms with Crippen molar-refractivity contribution in [3.63, 3.8) is 0 Å². The number of terminal acetylenes is 1. The highest BCUT2D eigenvalue weighted by atomic mass is 32.2. The van der Waals surface area contributed by atoms with E-state index in [9.17, 15) is 13.5 Å². The van der Waals surface area contributed by atoms with Crippen LogP contribution in [0.5, 0.6) is 0 Å². The smallest absolute Gasteiger partial charge is 0.244 e. The zero-order chi connectivity index (χ0) is 14.6. The summed E-state index contributed by atoms with van der Waals surface area (Å²) in [5.74, 6) is 2.35.